The van der Waals surface area contributed by atoms with Crippen LogP contribution in [0.3, 0.4) is 0 Å². The van der Waals surface area contributed by atoms with Gasteiger partial charge in [0.25, 0.3) is 0 Å². The Bertz CT molecular complexity index is 471. The minimum Gasteiger partial charge on any atom is -0.467 e. The summed E-state index contributed by atoms with van der Waals surface area (Å²) in [4.78, 5) is 12.3. The molecule has 4 nitrogen and oxygen atoms in total. The highest BCUT2D eigenvalue weighted by Gasteiger charge is 2.40. The van der Waals surface area contributed by atoms with Gasteiger partial charge in [0.1, 0.15) is 11.4 Å². The van der Waals surface area contributed by atoms with E-state index < -0.39 is 5.54 Å². The monoisotopic (exact) mass is 295 g/mol. The summed E-state index contributed by atoms with van der Waals surface area (Å²) in [5, 5.41) is 3.29. The third-order valence-corrected chi connectivity index (χ3v) is 4.06. The molecule has 2 rings (SSSR count). The van der Waals surface area contributed by atoms with Crippen molar-refractivity contribution in [1.29, 1.82) is 0 Å². The summed E-state index contributed by atoms with van der Waals surface area (Å²) < 4.78 is 23.7. The van der Waals surface area contributed by atoms with Gasteiger partial charge in [0.15, 0.2) is 0 Å². The summed E-state index contributed by atoms with van der Waals surface area (Å²) in [6.45, 7) is 3.24. The van der Waals surface area contributed by atoms with Gasteiger partial charge in [-0.2, -0.15) is 0 Å². The van der Waals surface area contributed by atoms with Gasteiger partial charge in [-0.15, -0.1) is 0 Å². The Morgan fingerprint density at radius 2 is 2.19 bits per heavy atom. The van der Waals surface area contributed by atoms with Crippen LogP contribution in [0.15, 0.2) is 24.3 Å². The van der Waals surface area contributed by atoms with Crippen molar-refractivity contribution in [3.8, 4) is 0 Å². The number of hydrogen-bond donors (Lipinski definition) is 1. The number of ether oxygens (including phenoxy) is 2. The standard InChI is InChI=1S/C16H22FNO3/c1-3-16(15(19)20-2,12-6-8-13(17)9-7-12)18-11-14-5-4-10-21-14/h6-9,14,18H,3-5,10-11H2,1-2H3. The van der Waals surface area contributed by atoms with E-state index in [9.17, 15) is 9.18 Å². The van der Waals surface area contributed by atoms with E-state index in [4.69, 9.17) is 9.47 Å². The topological polar surface area (TPSA) is 47.6 Å². The highest BCUT2D eigenvalue weighted by molar-refractivity contribution is 5.82. The number of carbonyl (C=O) groups is 1. The normalized spacial score (nSPS) is 21.0. The maximum absolute atomic E-state index is 13.1. The molecule has 1 aliphatic rings. The molecule has 1 aliphatic heterocycles. The van der Waals surface area contributed by atoms with Gasteiger partial charge in [-0.1, -0.05) is 19.1 Å². The minimum atomic E-state index is -0.964. The smallest absolute Gasteiger partial charge is 0.330 e. The summed E-state index contributed by atoms with van der Waals surface area (Å²) in [5.41, 5.74) is -0.259. The number of esters is 1. The molecule has 1 aromatic rings. The van der Waals surface area contributed by atoms with Gasteiger partial charge < -0.3 is 9.47 Å². The number of nitrogens with one attached hydrogen (secondary N) is 1. The Balaban J connectivity index is 2.23. The van der Waals surface area contributed by atoms with E-state index in [-0.39, 0.29) is 17.9 Å². The van der Waals surface area contributed by atoms with Crippen LogP contribution >= 0.6 is 0 Å². The average Bonchev–Trinajstić information content (AvgIpc) is 3.02. The first-order valence-electron chi connectivity index (χ1n) is 7.33. The van der Waals surface area contributed by atoms with Crippen molar-refractivity contribution in [1.82, 2.24) is 5.32 Å². The number of halogens is 1. The number of benzene rings is 1. The lowest BCUT2D eigenvalue weighted by Crippen LogP contribution is -2.51. The van der Waals surface area contributed by atoms with Crippen LogP contribution < -0.4 is 5.32 Å². The SMILES string of the molecule is CCC(NCC1CCCO1)(C(=O)OC)c1ccc(F)cc1. The summed E-state index contributed by atoms with van der Waals surface area (Å²) in [6, 6.07) is 5.96. The van der Waals surface area contributed by atoms with Gasteiger partial charge >= 0.3 is 5.97 Å². The second kappa shape index (κ2) is 7.00. The zero-order valence-corrected chi connectivity index (χ0v) is 12.5. The molecule has 0 aromatic heterocycles. The maximum Gasteiger partial charge on any atom is 0.330 e. The van der Waals surface area contributed by atoms with Gasteiger partial charge in [0, 0.05) is 13.2 Å². The molecule has 1 aromatic carbocycles. The highest BCUT2D eigenvalue weighted by atomic mass is 19.1. The van der Waals surface area contributed by atoms with E-state index in [2.05, 4.69) is 5.32 Å². The fourth-order valence-corrected chi connectivity index (χ4v) is 2.77. The van der Waals surface area contributed by atoms with Crippen LogP contribution in [0, 0.1) is 5.82 Å². The molecule has 0 bridgehead atoms. The molecule has 1 fully saturated rings. The molecule has 1 heterocycles. The quantitative estimate of drug-likeness (QED) is 0.819. The van der Waals surface area contributed by atoms with Crippen molar-refractivity contribution in [2.45, 2.75) is 37.8 Å². The van der Waals surface area contributed by atoms with Crippen molar-refractivity contribution >= 4 is 5.97 Å². The van der Waals surface area contributed by atoms with Gasteiger partial charge in [0.05, 0.1) is 13.2 Å². The maximum atomic E-state index is 13.1. The first-order chi connectivity index (χ1) is 10.1. The Labute approximate surface area is 124 Å². The van der Waals surface area contributed by atoms with Crippen LogP contribution in [-0.2, 0) is 19.8 Å². The second-order valence-corrected chi connectivity index (χ2v) is 5.27. The van der Waals surface area contributed by atoms with Crippen LogP contribution in [-0.4, -0.2) is 32.3 Å². The third-order valence-electron chi connectivity index (χ3n) is 4.06. The third kappa shape index (κ3) is 3.41. The van der Waals surface area contributed by atoms with E-state index in [1.54, 1.807) is 12.1 Å². The fourth-order valence-electron chi connectivity index (χ4n) is 2.77. The molecule has 2 unspecified atom stereocenters. The Kier molecular flexibility index (Phi) is 5.31. The van der Waals surface area contributed by atoms with Crippen molar-refractivity contribution in [2.75, 3.05) is 20.3 Å². The second-order valence-electron chi connectivity index (χ2n) is 5.27. The highest BCUT2D eigenvalue weighted by Crippen LogP contribution is 2.27. The van der Waals surface area contributed by atoms with Gasteiger partial charge in [-0.3, -0.25) is 5.32 Å². The summed E-state index contributed by atoms with van der Waals surface area (Å²) in [7, 11) is 1.37. The van der Waals surface area contributed by atoms with Crippen LogP contribution in [0.25, 0.3) is 0 Å². The lowest BCUT2D eigenvalue weighted by molar-refractivity contribution is -0.149. The molecular weight excluding hydrogens is 273 g/mol. The number of carbonyl (C=O) groups excluding carboxylic acids is 1. The van der Waals surface area contributed by atoms with Crippen molar-refractivity contribution in [3.63, 3.8) is 0 Å². The average molecular weight is 295 g/mol. The van der Waals surface area contributed by atoms with E-state index in [0.29, 0.717) is 18.5 Å². The van der Waals surface area contributed by atoms with Crippen molar-refractivity contribution < 1.29 is 18.7 Å². The van der Waals surface area contributed by atoms with Crippen LogP contribution in [0.4, 0.5) is 4.39 Å². The lowest BCUT2D eigenvalue weighted by atomic mass is 9.86. The fraction of sp³-hybridized carbons (Fsp3) is 0.562. The zero-order chi connectivity index (χ0) is 15.3. The Morgan fingerprint density at radius 1 is 1.48 bits per heavy atom. The molecule has 1 N–H and O–H groups in total. The zero-order valence-electron chi connectivity index (χ0n) is 12.5. The van der Waals surface area contributed by atoms with Crippen LogP contribution in [0.1, 0.15) is 31.7 Å². The number of hydrogen-bond acceptors (Lipinski definition) is 4. The molecule has 1 saturated heterocycles. The van der Waals surface area contributed by atoms with Gasteiger partial charge in [0.2, 0.25) is 0 Å². The first kappa shape index (κ1) is 15.9. The summed E-state index contributed by atoms with van der Waals surface area (Å²) >= 11 is 0. The predicted molar refractivity (Wildman–Crippen MR) is 77.4 cm³/mol. The van der Waals surface area contributed by atoms with Crippen molar-refractivity contribution in [3.05, 3.63) is 35.6 Å². The van der Waals surface area contributed by atoms with E-state index >= 15 is 0 Å². The molecule has 0 aliphatic carbocycles. The Morgan fingerprint density at radius 3 is 2.71 bits per heavy atom. The van der Waals surface area contributed by atoms with Crippen LogP contribution in [0.5, 0.6) is 0 Å². The molecule has 0 radical (unpaired) electrons. The molecule has 0 amide bonds. The molecule has 21 heavy (non-hydrogen) atoms. The largest absolute Gasteiger partial charge is 0.467 e. The lowest BCUT2D eigenvalue weighted by Gasteiger charge is -2.32. The number of methoxy groups -OCH3 is 1. The van der Waals surface area contributed by atoms with Crippen molar-refractivity contribution in [2.24, 2.45) is 0 Å². The van der Waals surface area contributed by atoms with Crippen LogP contribution in [0.2, 0.25) is 0 Å². The molecule has 116 valence electrons. The van der Waals surface area contributed by atoms with E-state index in [0.717, 1.165) is 19.4 Å². The molecule has 0 saturated carbocycles. The molecule has 0 spiro atoms. The summed E-state index contributed by atoms with van der Waals surface area (Å²) in [6.07, 6.45) is 2.65. The molecule has 2 atom stereocenters. The van der Waals surface area contributed by atoms with Gasteiger partial charge in [-0.25, -0.2) is 9.18 Å². The Hall–Kier alpha value is -1.46. The molecule has 5 heteroatoms. The van der Waals surface area contributed by atoms with Gasteiger partial charge in [-0.05, 0) is 37.0 Å². The first-order valence-corrected chi connectivity index (χ1v) is 7.33. The van der Waals surface area contributed by atoms with E-state index in [1.807, 2.05) is 6.92 Å². The van der Waals surface area contributed by atoms with E-state index in [1.165, 1.54) is 19.2 Å². The molecular formula is C16H22FNO3. The minimum absolute atomic E-state index is 0.112. The summed E-state index contributed by atoms with van der Waals surface area (Å²) in [5.74, 6) is -0.692. The predicted octanol–water partition coefficient (Wildman–Crippen LogP) is 2.37. The number of rotatable bonds is 6.